The first-order chi connectivity index (χ1) is 10.2. The van der Waals surface area contributed by atoms with Crippen molar-refractivity contribution in [1.29, 1.82) is 0 Å². The van der Waals surface area contributed by atoms with Gasteiger partial charge in [0.1, 0.15) is 0 Å². The summed E-state index contributed by atoms with van der Waals surface area (Å²) in [5, 5.41) is 0. The molecule has 0 radical (unpaired) electrons. The molecule has 0 spiro atoms. The largest absolute Gasteiger partial charge is 0.490 e. The highest BCUT2D eigenvalue weighted by molar-refractivity contribution is 9.10. The molecular weight excluding hydrogens is 332 g/mol. The second-order valence-corrected chi connectivity index (χ2v) is 5.83. The summed E-state index contributed by atoms with van der Waals surface area (Å²) in [4.78, 5) is 12.7. The van der Waals surface area contributed by atoms with Gasteiger partial charge in [-0.3, -0.25) is 4.79 Å². The summed E-state index contributed by atoms with van der Waals surface area (Å²) in [5.41, 5.74) is 2.25. The minimum absolute atomic E-state index is 0.0179. The lowest BCUT2D eigenvalue weighted by atomic mass is 9.99. The molecule has 0 unspecified atom stereocenters. The van der Waals surface area contributed by atoms with Gasteiger partial charge in [-0.15, -0.1) is 0 Å². The Morgan fingerprint density at radius 1 is 1.05 bits per heavy atom. The van der Waals surface area contributed by atoms with E-state index >= 15 is 0 Å². The van der Waals surface area contributed by atoms with Crippen molar-refractivity contribution in [2.75, 3.05) is 13.2 Å². The van der Waals surface area contributed by atoms with Gasteiger partial charge < -0.3 is 9.47 Å². The average Bonchev–Trinajstić information content (AvgIpc) is 2.71. The molecule has 3 rings (SSSR count). The molecule has 1 aliphatic rings. The highest BCUT2D eigenvalue weighted by Crippen LogP contribution is 2.36. The number of ether oxygens (including phenoxy) is 2. The maximum absolute atomic E-state index is 12.7. The van der Waals surface area contributed by atoms with E-state index in [-0.39, 0.29) is 5.78 Å². The molecule has 21 heavy (non-hydrogen) atoms. The summed E-state index contributed by atoms with van der Waals surface area (Å²) >= 11 is 3.47. The molecule has 1 heterocycles. The van der Waals surface area contributed by atoms with Gasteiger partial charge in [0.15, 0.2) is 17.3 Å². The van der Waals surface area contributed by atoms with Crippen LogP contribution in [-0.4, -0.2) is 19.0 Å². The first kappa shape index (κ1) is 14.1. The third-order valence-electron chi connectivity index (χ3n) is 3.47. The van der Waals surface area contributed by atoms with Crippen LogP contribution in [0.25, 0.3) is 0 Å². The molecule has 0 aliphatic carbocycles. The first-order valence-corrected chi connectivity index (χ1v) is 7.65. The fraction of sp³-hybridized carbons (Fsp3) is 0.235. The van der Waals surface area contributed by atoms with Gasteiger partial charge in [-0.25, -0.2) is 0 Å². The molecule has 0 aromatic heterocycles. The quantitative estimate of drug-likeness (QED) is 0.766. The van der Waals surface area contributed by atoms with Crippen molar-refractivity contribution < 1.29 is 14.3 Å². The molecule has 1 aliphatic heterocycles. The molecule has 0 N–H and O–H groups in total. The average molecular weight is 347 g/mol. The minimum Gasteiger partial charge on any atom is -0.490 e. The number of ketones is 1. The Kier molecular flexibility index (Phi) is 3.97. The van der Waals surface area contributed by atoms with E-state index in [2.05, 4.69) is 15.9 Å². The van der Waals surface area contributed by atoms with Gasteiger partial charge in [0, 0.05) is 22.0 Å². The van der Waals surface area contributed by atoms with Gasteiger partial charge in [-0.2, -0.15) is 0 Å². The van der Waals surface area contributed by atoms with E-state index in [9.17, 15) is 4.79 Å². The predicted molar refractivity (Wildman–Crippen MR) is 84.4 cm³/mol. The Hall–Kier alpha value is -1.81. The van der Waals surface area contributed by atoms with Crippen LogP contribution in [0.15, 0.2) is 40.9 Å². The Morgan fingerprint density at radius 3 is 2.43 bits per heavy atom. The predicted octanol–water partition coefficient (Wildman–Crippen LogP) is 4.15. The molecular formula is C17H15BrO3. The van der Waals surface area contributed by atoms with Crippen molar-refractivity contribution in [3.63, 3.8) is 0 Å². The van der Waals surface area contributed by atoms with Gasteiger partial charge in [0.2, 0.25) is 0 Å². The third-order valence-corrected chi connectivity index (χ3v) is 4.13. The summed E-state index contributed by atoms with van der Waals surface area (Å²) in [7, 11) is 0. The second-order valence-electron chi connectivity index (χ2n) is 4.97. The second kappa shape index (κ2) is 5.90. The fourth-order valence-electron chi connectivity index (χ4n) is 2.33. The van der Waals surface area contributed by atoms with Crippen LogP contribution < -0.4 is 9.47 Å². The summed E-state index contributed by atoms with van der Waals surface area (Å²) < 4.78 is 12.0. The molecule has 108 valence electrons. The zero-order valence-electron chi connectivity index (χ0n) is 11.7. The monoisotopic (exact) mass is 346 g/mol. The summed E-state index contributed by atoms with van der Waals surface area (Å²) in [6, 6.07) is 11.1. The number of halogens is 1. The van der Waals surface area contributed by atoms with Gasteiger partial charge in [-0.05, 0) is 40.5 Å². The molecule has 0 saturated heterocycles. The molecule has 0 amide bonds. The van der Waals surface area contributed by atoms with Gasteiger partial charge in [-0.1, -0.05) is 24.3 Å². The highest BCUT2D eigenvalue weighted by Gasteiger charge is 2.19. The van der Waals surface area contributed by atoms with Crippen molar-refractivity contribution in [2.24, 2.45) is 0 Å². The van der Waals surface area contributed by atoms with E-state index < -0.39 is 0 Å². The molecule has 0 atom stereocenters. The number of rotatable bonds is 2. The zero-order chi connectivity index (χ0) is 14.8. The van der Waals surface area contributed by atoms with Crippen molar-refractivity contribution in [3.05, 3.63) is 57.6 Å². The van der Waals surface area contributed by atoms with Crippen LogP contribution in [0.4, 0.5) is 0 Å². The molecule has 3 nitrogen and oxygen atoms in total. The Bertz CT molecular complexity index is 694. The maximum Gasteiger partial charge on any atom is 0.194 e. The van der Waals surface area contributed by atoms with Crippen LogP contribution in [-0.2, 0) is 0 Å². The van der Waals surface area contributed by atoms with Gasteiger partial charge in [0.25, 0.3) is 0 Å². The summed E-state index contributed by atoms with van der Waals surface area (Å²) in [6.45, 7) is 3.17. The van der Waals surface area contributed by atoms with Crippen LogP contribution in [0.3, 0.4) is 0 Å². The SMILES string of the molecule is Cc1ccccc1C(=O)c1cc2c(cc1Br)OCCCO2. The molecule has 0 saturated carbocycles. The van der Waals surface area contributed by atoms with Crippen LogP contribution >= 0.6 is 15.9 Å². The molecule has 2 aromatic carbocycles. The molecule has 2 aromatic rings. The highest BCUT2D eigenvalue weighted by atomic mass is 79.9. The number of benzene rings is 2. The fourth-order valence-corrected chi connectivity index (χ4v) is 2.83. The van der Waals surface area contributed by atoms with E-state index in [1.165, 1.54) is 0 Å². The van der Waals surface area contributed by atoms with E-state index in [0.717, 1.165) is 16.5 Å². The van der Waals surface area contributed by atoms with Crippen molar-refractivity contribution in [1.82, 2.24) is 0 Å². The smallest absolute Gasteiger partial charge is 0.194 e. The number of aryl methyl sites for hydroxylation is 1. The maximum atomic E-state index is 12.7. The lowest BCUT2D eigenvalue weighted by molar-refractivity contribution is 0.103. The standard InChI is InChI=1S/C17H15BrO3/c1-11-5-2-3-6-12(11)17(19)13-9-15-16(10-14(13)18)21-8-4-7-20-15/h2-3,5-6,9-10H,4,7-8H2,1H3. The Morgan fingerprint density at radius 2 is 1.71 bits per heavy atom. The number of hydrogen-bond acceptors (Lipinski definition) is 3. The van der Waals surface area contributed by atoms with Gasteiger partial charge in [0.05, 0.1) is 13.2 Å². The van der Waals surface area contributed by atoms with E-state index in [1.807, 2.05) is 37.3 Å². The Labute approximate surface area is 132 Å². The van der Waals surface area contributed by atoms with Crippen molar-refractivity contribution >= 4 is 21.7 Å². The van der Waals surface area contributed by atoms with Crippen LogP contribution in [0.2, 0.25) is 0 Å². The molecule has 0 fully saturated rings. The van der Waals surface area contributed by atoms with Crippen molar-refractivity contribution in [2.45, 2.75) is 13.3 Å². The van der Waals surface area contributed by atoms with E-state index in [0.29, 0.717) is 35.8 Å². The van der Waals surface area contributed by atoms with Crippen LogP contribution in [0.1, 0.15) is 27.9 Å². The topological polar surface area (TPSA) is 35.5 Å². The lowest BCUT2D eigenvalue weighted by Gasteiger charge is -2.12. The number of fused-ring (bicyclic) bond motifs is 1. The number of carbonyl (C=O) groups is 1. The summed E-state index contributed by atoms with van der Waals surface area (Å²) in [6.07, 6.45) is 0.841. The van der Waals surface area contributed by atoms with Crippen LogP contribution in [0.5, 0.6) is 11.5 Å². The lowest BCUT2D eigenvalue weighted by Crippen LogP contribution is -2.05. The normalized spacial score (nSPS) is 13.6. The Balaban J connectivity index is 2.05. The third kappa shape index (κ3) is 2.81. The zero-order valence-corrected chi connectivity index (χ0v) is 13.3. The minimum atomic E-state index is -0.0179. The van der Waals surface area contributed by atoms with Crippen molar-refractivity contribution in [3.8, 4) is 11.5 Å². The first-order valence-electron chi connectivity index (χ1n) is 6.86. The van der Waals surface area contributed by atoms with Crippen LogP contribution in [0, 0.1) is 6.92 Å². The van der Waals surface area contributed by atoms with E-state index in [1.54, 1.807) is 6.07 Å². The summed E-state index contributed by atoms with van der Waals surface area (Å²) in [5.74, 6) is 1.30. The van der Waals surface area contributed by atoms with Gasteiger partial charge >= 0.3 is 0 Å². The molecule has 0 bridgehead atoms. The van der Waals surface area contributed by atoms with E-state index in [4.69, 9.17) is 9.47 Å². The number of carbonyl (C=O) groups excluding carboxylic acids is 1. The number of hydrogen-bond donors (Lipinski definition) is 0. The molecule has 4 heteroatoms.